The summed E-state index contributed by atoms with van der Waals surface area (Å²) in [6.45, 7) is 2.32. The molecular formula is C18H20N2O5S. The van der Waals surface area contributed by atoms with Crippen molar-refractivity contribution in [3.05, 3.63) is 60.2 Å². The van der Waals surface area contributed by atoms with Gasteiger partial charge in [0.2, 0.25) is 0 Å². The summed E-state index contributed by atoms with van der Waals surface area (Å²) in [6.07, 6.45) is 2.76. The summed E-state index contributed by atoms with van der Waals surface area (Å²) in [7, 11) is -2.33. The van der Waals surface area contributed by atoms with Gasteiger partial charge in [-0.3, -0.25) is 10.2 Å². The summed E-state index contributed by atoms with van der Waals surface area (Å²) in [5.41, 5.74) is 2.88. The molecule has 0 unspecified atom stereocenters. The number of nitrogens with one attached hydrogen (secondary N) is 2. The van der Waals surface area contributed by atoms with E-state index in [1.54, 1.807) is 49.6 Å². The number of carbonyl (C=O) groups is 1. The van der Waals surface area contributed by atoms with Crippen LogP contribution >= 0.6 is 0 Å². The van der Waals surface area contributed by atoms with Gasteiger partial charge in [-0.1, -0.05) is 12.1 Å². The second kappa shape index (κ2) is 9.02. The SMILES string of the molecule is CCOc1ccc(S(=O)(=O)NNC(=O)C=Cc2cccc(OC)c2)cc1. The number of methoxy groups -OCH3 is 1. The van der Waals surface area contributed by atoms with E-state index in [1.807, 2.05) is 11.8 Å². The van der Waals surface area contributed by atoms with E-state index in [0.29, 0.717) is 18.1 Å². The number of sulfonamides is 1. The molecule has 138 valence electrons. The summed E-state index contributed by atoms with van der Waals surface area (Å²) in [6, 6.07) is 13.0. The highest BCUT2D eigenvalue weighted by molar-refractivity contribution is 7.89. The predicted octanol–water partition coefficient (Wildman–Crippen LogP) is 2.12. The minimum Gasteiger partial charge on any atom is -0.497 e. The molecule has 2 aromatic rings. The largest absolute Gasteiger partial charge is 0.497 e. The van der Waals surface area contributed by atoms with Gasteiger partial charge in [-0.05, 0) is 55.0 Å². The van der Waals surface area contributed by atoms with Crippen LogP contribution in [-0.4, -0.2) is 28.0 Å². The Hall–Kier alpha value is -2.84. The first kappa shape index (κ1) is 19.5. The van der Waals surface area contributed by atoms with E-state index in [9.17, 15) is 13.2 Å². The molecule has 0 aliphatic heterocycles. The Morgan fingerprint density at radius 3 is 2.50 bits per heavy atom. The van der Waals surface area contributed by atoms with E-state index in [4.69, 9.17) is 9.47 Å². The van der Waals surface area contributed by atoms with Crippen LogP contribution in [0.3, 0.4) is 0 Å². The average molecular weight is 376 g/mol. The Balaban J connectivity index is 1.95. The lowest BCUT2D eigenvalue weighted by Gasteiger charge is -2.08. The zero-order valence-corrected chi connectivity index (χ0v) is 15.2. The molecule has 0 radical (unpaired) electrons. The summed E-state index contributed by atoms with van der Waals surface area (Å²) in [4.78, 5) is 13.9. The third-order valence-electron chi connectivity index (χ3n) is 3.27. The van der Waals surface area contributed by atoms with E-state index in [0.717, 1.165) is 5.56 Å². The van der Waals surface area contributed by atoms with Gasteiger partial charge in [-0.2, -0.15) is 0 Å². The fourth-order valence-electron chi connectivity index (χ4n) is 2.02. The van der Waals surface area contributed by atoms with Crippen LogP contribution in [0.25, 0.3) is 6.08 Å². The highest BCUT2D eigenvalue weighted by Crippen LogP contribution is 2.15. The van der Waals surface area contributed by atoms with Crippen molar-refractivity contribution in [1.29, 1.82) is 0 Å². The molecule has 0 aliphatic rings. The first-order valence-electron chi connectivity index (χ1n) is 7.81. The first-order valence-corrected chi connectivity index (χ1v) is 9.29. The molecule has 0 atom stereocenters. The van der Waals surface area contributed by atoms with Gasteiger partial charge in [0.1, 0.15) is 11.5 Å². The zero-order valence-electron chi connectivity index (χ0n) is 14.4. The van der Waals surface area contributed by atoms with E-state index < -0.39 is 15.9 Å². The van der Waals surface area contributed by atoms with Crippen molar-refractivity contribution in [3.8, 4) is 11.5 Å². The van der Waals surface area contributed by atoms with E-state index >= 15 is 0 Å². The third-order valence-corrected chi connectivity index (χ3v) is 4.54. The van der Waals surface area contributed by atoms with Crippen LogP contribution in [0.4, 0.5) is 0 Å². The molecule has 26 heavy (non-hydrogen) atoms. The van der Waals surface area contributed by atoms with Crippen molar-refractivity contribution in [2.24, 2.45) is 0 Å². The Morgan fingerprint density at radius 1 is 1.12 bits per heavy atom. The van der Waals surface area contributed by atoms with Crippen molar-refractivity contribution < 1.29 is 22.7 Å². The number of benzene rings is 2. The summed E-state index contributed by atoms with van der Waals surface area (Å²) >= 11 is 0. The van der Waals surface area contributed by atoms with Gasteiger partial charge in [0, 0.05) is 6.08 Å². The molecule has 0 aromatic heterocycles. The van der Waals surface area contributed by atoms with Gasteiger partial charge in [-0.15, -0.1) is 4.83 Å². The Kier molecular flexibility index (Phi) is 6.76. The lowest BCUT2D eigenvalue weighted by atomic mass is 10.2. The smallest absolute Gasteiger partial charge is 0.258 e. The van der Waals surface area contributed by atoms with Crippen LogP contribution in [0.15, 0.2) is 59.5 Å². The van der Waals surface area contributed by atoms with Crippen LogP contribution in [-0.2, 0) is 14.8 Å². The summed E-state index contributed by atoms with van der Waals surface area (Å²) < 4.78 is 34.7. The van der Waals surface area contributed by atoms with Crippen LogP contribution in [0, 0.1) is 0 Å². The minimum atomic E-state index is -3.87. The summed E-state index contributed by atoms with van der Waals surface area (Å²) in [5, 5.41) is 0. The number of rotatable bonds is 8. The molecule has 0 saturated carbocycles. The maximum absolute atomic E-state index is 12.2. The maximum Gasteiger partial charge on any atom is 0.258 e. The van der Waals surface area contributed by atoms with Crippen LogP contribution in [0.5, 0.6) is 11.5 Å². The van der Waals surface area contributed by atoms with E-state index in [2.05, 4.69) is 5.43 Å². The molecule has 8 heteroatoms. The fourth-order valence-corrected chi connectivity index (χ4v) is 2.86. The number of ether oxygens (including phenoxy) is 2. The molecule has 2 N–H and O–H groups in total. The second-order valence-electron chi connectivity index (χ2n) is 5.11. The van der Waals surface area contributed by atoms with Crippen molar-refractivity contribution in [2.75, 3.05) is 13.7 Å². The molecule has 7 nitrogen and oxygen atoms in total. The first-order chi connectivity index (χ1) is 12.4. The molecule has 0 bridgehead atoms. The standard InChI is InChI=1S/C18H20N2O5S/c1-3-25-15-8-10-17(11-9-15)26(22,23)20-19-18(21)12-7-14-5-4-6-16(13-14)24-2/h4-13,20H,3H2,1-2H3,(H,19,21). The fraction of sp³-hybridized carbons (Fsp3) is 0.167. The Morgan fingerprint density at radius 2 is 1.85 bits per heavy atom. The van der Waals surface area contributed by atoms with E-state index in [-0.39, 0.29) is 4.90 Å². The Labute approximate surface area is 152 Å². The van der Waals surface area contributed by atoms with Crippen molar-refractivity contribution >= 4 is 22.0 Å². The lowest BCUT2D eigenvalue weighted by molar-refractivity contribution is -0.116. The molecule has 2 aromatic carbocycles. The monoisotopic (exact) mass is 376 g/mol. The Bertz CT molecular complexity index is 877. The predicted molar refractivity (Wildman–Crippen MR) is 98.1 cm³/mol. The van der Waals surface area contributed by atoms with Gasteiger partial charge in [-0.25, -0.2) is 8.42 Å². The highest BCUT2D eigenvalue weighted by atomic mass is 32.2. The highest BCUT2D eigenvalue weighted by Gasteiger charge is 2.14. The molecular weight excluding hydrogens is 356 g/mol. The van der Waals surface area contributed by atoms with Gasteiger partial charge in [0.25, 0.3) is 15.9 Å². The minimum absolute atomic E-state index is 0.0121. The van der Waals surface area contributed by atoms with E-state index in [1.165, 1.54) is 18.2 Å². The van der Waals surface area contributed by atoms with Gasteiger partial charge < -0.3 is 9.47 Å². The van der Waals surface area contributed by atoms with Gasteiger partial charge in [0.15, 0.2) is 0 Å². The quantitative estimate of drug-likeness (QED) is 0.544. The number of hydrogen-bond donors (Lipinski definition) is 2. The van der Waals surface area contributed by atoms with Crippen LogP contribution in [0.2, 0.25) is 0 Å². The van der Waals surface area contributed by atoms with Crippen molar-refractivity contribution in [2.45, 2.75) is 11.8 Å². The average Bonchev–Trinajstić information content (AvgIpc) is 2.65. The number of amides is 1. The molecule has 1 amide bonds. The maximum atomic E-state index is 12.2. The molecule has 0 saturated heterocycles. The molecule has 2 rings (SSSR count). The molecule has 0 aliphatic carbocycles. The van der Waals surface area contributed by atoms with Crippen molar-refractivity contribution in [1.82, 2.24) is 10.3 Å². The van der Waals surface area contributed by atoms with Gasteiger partial charge in [0.05, 0.1) is 18.6 Å². The lowest BCUT2D eigenvalue weighted by Crippen LogP contribution is -2.40. The number of hydrazine groups is 1. The molecule has 0 spiro atoms. The van der Waals surface area contributed by atoms with Crippen LogP contribution in [0.1, 0.15) is 12.5 Å². The van der Waals surface area contributed by atoms with Crippen molar-refractivity contribution in [3.63, 3.8) is 0 Å². The number of carbonyl (C=O) groups excluding carboxylic acids is 1. The normalized spacial score (nSPS) is 11.3. The third kappa shape index (κ3) is 5.61. The van der Waals surface area contributed by atoms with Crippen LogP contribution < -0.4 is 19.7 Å². The zero-order chi connectivity index (χ0) is 19.0. The molecule has 0 fully saturated rings. The number of hydrogen-bond acceptors (Lipinski definition) is 5. The summed E-state index contributed by atoms with van der Waals surface area (Å²) in [5.74, 6) is 0.614. The second-order valence-corrected chi connectivity index (χ2v) is 6.79. The molecule has 0 heterocycles. The van der Waals surface area contributed by atoms with Gasteiger partial charge >= 0.3 is 0 Å². The topological polar surface area (TPSA) is 93.7 Å².